The maximum Gasteiger partial charge on any atom is 0.237 e. The SMILES string of the molecule is Nc1cc(F)cnc1OCCO. The first-order valence-corrected chi connectivity index (χ1v) is 3.38. The lowest BCUT2D eigenvalue weighted by atomic mass is 10.4. The van der Waals surface area contributed by atoms with Gasteiger partial charge in [-0.25, -0.2) is 9.37 Å². The predicted molar refractivity (Wildman–Crippen MR) is 41.2 cm³/mol. The molecule has 12 heavy (non-hydrogen) atoms. The van der Waals surface area contributed by atoms with Gasteiger partial charge in [0.25, 0.3) is 0 Å². The molecule has 3 N–H and O–H groups in total. The fourth-order valence-corrected chi connectivity index (χ4v) is 0.705. The number of rotatable bonds is 3. The number of hydrogen-bond donors (Lipinski definition) is 2. The number of nitrogens with zero attached hydrogens (tertiary/aromatic N) is 1. The van der Waals surface area contributed by atoms with E-state index in [1.54, 1.807) is 0 Å². The van der Waals surface area contributed by atoms with Crippen molar-refractivity contribution in [1.29, 1.82) is 0 Å². The Bertz CT molecular complexity index is 268. The van der Waals surface area contributed by atoms with Crippen LogP contribution in [0.1, 0.15) is 0 Å². The summed E-state index contributed by atoms with van der Waals surface area (Å²) in [6, 6.07) is 1.11. The molecule has 0 aliphatic heterocycles. The molecule has 0 aliphatic rings. The Hall–Kier alpha value is -1.36. The van der Waals surface area contributed by atoms with E-state index in [-0.39, 0.29) is 24.8 Å². The Morgan fingerprint density at radius 3 is 3.00 bits per heavy atom. The second-order valence-corrected chi connectivity index (χ2v) is 2.12. The zero-order valence-electron chi connectivity index (χ0n) is 6.33. The van der Waals surface area contributed by atoms with Crippen LogP contribution in [-0.4, -0.2) is 23.3 Å². The molecule has 4 nitrogen and oxygen atoms in total. The molecule has 0 bridgehead atoms. The van der Waals surface area contributed by atoms with Crippen molar-refractivity contribution >= 4 is 5.69 Å². The van der Waals surface area contributed by atoms with Gasteiger partial charge in [0.15, 0.2) is 0 Å². The Kier molecular flexibility index (Phi) is 2.82. The fourth-order valence-electron chi connectivity index (χ4n) is 0.705. The quantitative estimate of drug-likeness (QED) is 0.682. The number of nitrogen functional groups attached to an aromatic ring is 1. The third-order valence-corrected chi connectivity index (χ3v) is 1.18. The van der Waals surface area contributed by atoms with Gasteiger partial charge in [-0.1, -0.05) is 0 Å². The van der Waals surface area contributed by atoms with Crippen LogP contribution >= 0.6 is 0 Å². The first-order valence-electron chi connectivity index (χ1n) is 3.38. The molecule has 1 rings (SSSR count). The molecule has 0 saturated heterocycles. The lowest BCUT2D eigenvalue weighted by Gasteiger charge is -2.04. The van der Waals surface area contributed by atoms with Gasteiger partial charge < -0.3 is 15.6 Å². The molecule has 0 radical (unpaired) electrons. The van der Waals surface area contributed by atoms with E-state index in [1.165, 1.54) is 0 Å². The van der Waals surface area contributed by atoms with Gasteiger partial charge in [-0.3, -0.25) is 0 Å². The van der Waals surface area contributed by atoms with Crippen molar-refractivity contribution in [3.8, 4) is 5.88 Å². The summed E-state index contributed by atoms with van der Waals surface area (Å²) in [7, 11) is 0. The summed E-state index contributed by atoms with van der Waals surface area (Å²) in [5.41, 5.74) is 5.48. The van der Waals surface area contributed by atoms with E-state index >= 15 is 0 Å². The molecule has 66 valence electrons. The minimum atomic E-state index is -0.510. The van der Waals surface area contributed by atoms with Gasteiger partial charge in [-0.05, 0) is 0 Å². The molecule has 0 unspecified atom stereocenters. The molecule has 1 aromatic heterocycles. The molecule has 0 atom stereocenters. The highest BCUT2D eigenvalue weighted by molar-refractivity contribution is 5.47. The fraction of sp³-hybridized carbons (Fsp3) is 0.286. The maximum atomic E-state index is 12.4. The first-order chi connectivity index (χ1) is 5.74. The lowest BCUT2D eigenvalue weighted by molar-refractivity contribution is 0.197. The molecule has 1 heterocycles. The van der Waals surface area contributed by atoms with E-state index in [0.717, 1.165) is 12.3 Å². The highest BCUT2D eigenvalue weighted by Gasteiger charge is 2.02. The van der Waals surface area contributed by atoms with Gasteiger partial charge in [0.1, 0.15) is 12.4 Å². The van der Waals surface area contributed by atoms with Crippen LogP contribution in [0.25, 0.3) is 0 Å². The Morgan fingerprint density at radius 1 is 1.67 bits per heavy atom. The van der Waals surface area contributed by atoms with Gasteiger partial charge in [0, 0.05) is 6.07 Å². The Morgan fingerprint density at radius 2 is 2.42 bits per heavy atom. The molecular weight excluding hydrogens is 163 g/mol. The van der Waals surface area contributed by atoms with Crippen LogP contribution in [0.3, 0.4) is 0 Å². The lowest BCUT2D eigenvalue weighted by Crippen LogP contribution is -2.05. The highest BCUT2D eigenvalue weighted by atomic mass is 19.1. The summed E-state index contributed by atoms with van der Waals surface area (Å²) in [6.45, 7) is -0.0265. The van der Waals surface area contributed by atoms with Crippen molar-refractivity contribution in [3.63, 3.8) is 0 Å². The maximum absolute atomic E-state index is 12.4. The molecule has 0 aromatic carbocycles. The largest absolute Gasteiger partial charge is 0.474 e. The molecule has 0 spiro atoms. The summed E-state index contributed by atoms with van der Waals surface area (Å²) in [4.78, 5) is 3.58. The Balaban J connectivity index is 2.72. The number of aliphatic hydroxyl groups excluding tert-OH is 1. The minimum absolute atomic E-state index is 0.100. The van der Waals surface area contributed by atoms with Gasteiger partial charge >= 0.3 is 0 Å². The van der Waals surface area contributed by atoms with Crippen molar-refractivity contribution in [2.45, 2.75) is 0 Å². The molecule has 0 amide bonds. The molecule has 1 aromatic rings. The minimum Gasteiger partial charge on any atom is -0.474 e. The molecule has 5 heteroatoms. The van der Waals surface area contributed by atoms with Crippen molar-refractivity contribution in [2.24, 2.45) is 0 Å². The van der Waals surface area contributed by atoms with Gasteiger partial charge in [0.2, 0.25) is 5.88 Å². The van der Waals surface area contributed by atoms with E-state index in [2.05, 4.69) is 4.98 Å². The molecular formula is C7H9FN2O2. The summed E-state index contributed by atoms with van der Waals surface area (Å²) in [5.74, 6) is -0.366. The zero-order chi connectivity index (χ0) is 8.97. The van der Waals surface area contributed by atoms with Crippen LogP contribution in [0.5, 0.6) is 5.88 Å². The normalized spacial score (nSPS) is 9.83. The van der Waals surface area contributed by atoms with E-state index < -0.39 is 5.82 Å². The summed E-state index contributed by atoms with van der Waals surface area (Å²) in [5, 5.41) is 8.41. The number of anilines is 1. The first kappa shape index (κ1) is 8.73. The second kappa shape index (κ2) is 3.87. The van der Waals surface area contributed by atoms with E-state index in [0.29, 0.717) is 0 Å². The van der Waals surface area contributed by atoms with E-state index in [1.807, 2.05) is 0 Å². The summed E-state index contributed by atoms with van der Waals surface area (Å²) in [6.07, 6.45) is 1.00. The van der Waals surface area contributed by atoms with Crippen LogP contribution in [0.4, 0.5) is 10.1 Å². The van der Waals surface area contributed by atoms with Crippen molar-refractivity contribution in [2.75, 3.05) is 18.9 Å². The molecule has 0 aliphatic carbocycles. The molecule has 0 saturated carbocycles. The topological polar surface area (TPSA) is 68.4 Å². The van der Waals surface area contributed by atoms with Gasteiger partial charge in [-0.2, -0.15) is 0 Å². The van der Waals surface area contributed by atoms with Crippen LogP contribution in [0, 0.1) is 5.82 Å². The average Bonchev–Trinajstić information content (AvgIpc) is 2.03. The molecule has 0 fully saturated rings. The number of halogens is 1. The number of nitrogens with two attached hydrogens (primary N) is 1. The van der Waals surface area contributed by atoms with E-state index in [4.69, 9.17) is 15.6 Å². The number of hydrogen-bond acceptors (Lipinski definition) is 4. The third kappa shape index (κ3) is 2.06. The van der Waals surface area contributed by atoms with Crippen LogP contribution in [0.2, 0.25) is 0 Å². The zero-order valence-corrected chi connectivity index (χ0v) is 6.33. The number of pyridine rings is 1. The van der Waals surface area contributed by atoms with Gasteiger partial charge in [-0.15, -0.1) is 0 Å². The third-order valence-electron chi connectivity index (χ3n) is 1.18. The number of ether oxygens (including phenoxy) is 1. The predicted octanol–water partition coefficient (Wildman–Crippen LogP) is 0.174. The monoisotopic (exact) mass is 172 g/mol. The summed E-state index contributed by atoms with van der Waals surface area (Å²) >= 11 is 0. The average molecular weight is 172 g/mol. The smallest absolute Gasteiger partial charge is 0.237 e. The highest BCUT2D eigenvalue weighted by Crippen LogP contribution is 2.17. The van der Waals surface area contributed by atoms with Gasteiger partial charge in [0.05, 0.1) is 18.5 Å². The van der Waals surface area contributed by atoms with Crippen molar-refractivity contribution in [1.82, 2.24) is 4.98 Å². The van der Waals surface area contributed by atoms with Crippen LogP contribution in [0.15, 0.2) is 12.3 Å². The Labute approximate surface area is 68.8 Å². The van der Waals surface area contributed by atoms with Crippen molar-refractivity contribution in [3.05, 3.63) is 18.1 Å². The van der Waals surface area contributed by atoms with Crippen molar-refractivity contribution < 1.29 is 14.2 Å². The number of aliphatic hydroxyl groups is 1. The second-order valence-electron chi connectivity index (χ2n) is 2.12. The summed E-state index contributed by atoms with van der Waals surface area (Å²) < 4.78 is 17.3. The van der Waals surface area contributed by atoms with E-state index in [9.17, 15) is 4.39 Å². The standard InChI is InChI=1S/C7H9FN2O2/c8-5-3-6(9)7(10-4-5)12-2-1-11/h3-4,11H,1-2,9H2. The number of aromatic nitrogens is 1. The van der Waals surface area contributed by atoms with Crippen LogP contribution in [-0.2, 0) is 0 Å². The van der Waals surface area contributed by atoms with Crippen LogP contribution < -0.4 is 10.5 Å².